The van der Waals surface area contributed by atoms with Crippen LogP contribution in [0.15, 0.2) is 24.3 Å². The second-order valence-corrected chi connectivity index (χ2v) is 7.13. The Bertz CT molecular complexity index is 490. The van der Waals surface area contributed by atoms with E-state index in [4.69, 9.17) is 0 Å². The molecule has 3 nitrogen and oxygen atoms in total. The molecule has 23 heavy (non-hydrogen) atoms. The van der Waals surface area contributed by atoms with E-state index < -0.39 is 6.61 Å². The van der Waals surface area contributed by atoms with Gasteiger partial charge >= 0.3 is 6.61 Å². The van der Waals surface area contributed by atoms with Crippen LogP contribution in [-0.4, -0.2) is 35.5 Å². The molecular formula is C17H23F2NO2S. The van der Waals surface area contributed by atoms with Gasteiger partial charge in [-0.15, -0.1) is 11.8 Å². The van der Waals surface area contributed by atoms with Crippen molar-refractivity contribution in [1.82, 2.24) is 4.90 Å². The molecule has 6 heteroatoms. The second-order valence-electron chi connectivity index (χ2n) is 5.84. The van der Waals surface area contributed by atoms with E-state index in [1.54, 1.807) is 35.8 Å². The van der Waals surface area contributed by atoms with Crippen molar-refractivity contribution in [3.05, 3.63) is 29.8 Å². The molecule has 0 radical (unpaired) electrons. The lowest BCUT2D eigenvalue weighted by Crippen LogP contribution is -2.28. The van der Waals surface area contributed by atoms with E-state index >= 15 is 0 Å². The van der Waals surface area contributed by atoms with E-state index in [9.17, 15) is 13.6 Å². The van der Waals surface area contributed by atoms with Gasteiger partial charge in [-0.2, -0.15) is 8.78 Å². The van der Waals surface area contributed by atoms with Gasteiger partial charge in [0.1, 0.15) is 5.75 Å². The lowest BCUT2D eigenvalue weighted by Gasteiger charge is -2.22. The summed E-state index contributed by atoms with van der Waals surface area (Å²) in [6.07, 6.45) is 6.29. The number of carbonyl (C=O) groups is 1. The Balaban J connectivity index is 1.76. The van der Waals surface area contributed by atoms with Gasteiger partial charge in [0.2, 0.25) is 5.91 Å². The highest BCUT2D eigenvalue weighted by Crippen LogP contribution is 2.28. The summed E-state index contributed by atoms with van der Waals surface area (Å²) in [4.78, 5) is 13.9. The van der Waals surface area contributed by atoms with Crippen molar-refractivity contribution in [1.29, 1.82) is 0 Å². The Labute approximate surface area is 140 Å². The van der Waals surface area contributed by atoms with Crippen molar-refractivity contribution in [3.8, 4) is 5.75 Å². The number of hydrogen-bond acceptors (Lipinski definition) is 3. The third kappa shape index (κ3) is 6.37. The molecule has 0 spiro atoms. The van der Waals surface area contributed by atoms with E-state index in [-0.39, 0.29) is 11.7 Å². The summed E-state index contributed by atoms with van der Waals surface area (Å²) < 4.78 is 28.5. The second kappa shape index (κ2) is 9.11. The van der Waals surface area contributed by atoms with Crippen LogP contribution in [0.5, 0.6) is 5.75 Å². The van der Waals surface area contributed by atoms with E-state index in [0.717, 1.165) is 5.56 Å². The number of alkyl halides is 2. The Morgan fingerprint density at radius 1 is 1.26 bits per heavy atom. The number of halogens is 2. The van der Waals surface area contributed by atoms with Gasteiger partial charge in [0, 0.05) is 18.8 Å². The maximum absolute atomic E-state index is 12.2. The lowest BCUT2D eigenvalue weighted by atomic mass is 10.0. The summed E-state index contributed by atoms with van der Waals surface area (Å²) >= 11 is 1.76. The summed E-state index contributed by atoms with van der Waals surface area (Å²) in [7, 11) is 1.77. The molecule has 0 aliphatic heterocycles. The van der Waals surface area contributed by atoms with Crippen molar-refractivity contribution in [3.63, 3.8) is 0 Å². The molecule has 0 saturated heterocycles. The lowest BCUT2D eigenvalue weighted by molar-refractivity contribution is -0.127. The number of ether oxygens (including phenoxy) is 1. The summed E-state index contributed by atoms with van der Waals surface area (Å²) in [5, 5.41) is 0.617. The first-order valence-corrected chi connectivity index (χ1v) is 8.99. The number of amides is 1. The molecule has 0 unspecified atom stereocenters. The van der Waals surface area contributed by atoms with Gasteiger partial charge in [0.15, 0.2) is 0 Å². The highest BCUT2D eigenvalue weighted by Gasteiger charge is 2.17. The minimum atomic E-state index is -2.82. The molecular weight excluding hydrogens is 320 g/mol. The Morgan fingerprint density at radius 3 is 2.52 bits per heavy atom. The largest absolute Gasteiger partial charge is 0.435 e. The summed E-state index contributed by atoms with van der Waals surface area (Å²) in [5.41, 5.74) is 0.894. The van der Waals surface area contributed by atoms with Gasteiger partial charge in [0.05, 0.1) is 5.75 Å². The summed E-state index contributed by atoms with van der Waals surface area (Å²) in [5.74, 6) is 0.743. The number of carbonyl (C=O) groups excluding carboxylic acids is 1. The molecule has 1 aromatic rings. The zero-order chi connectivity index (χ0) is 16.7. The maximum Gasteiger partial charge on any atom is 0.387 e. The number of benzene rings is 1. The van der Waals surface area contributed by atoms with Crippen molar-refractivity contribution in [2.24, 2.45) is 0 Å². The van der Waals surface area contributed by atoms with Crippen LogP contribution in [-0.2, 0) is 11.3 Å². The van der Waals surface area contributed by atoms with Crippen molar-refractivity contribution in [2.45, 2.75) is 50.5 Å². The minimum absolute atomic E-state index is 0.105. The predicted octanol–water partition coefficient (Wildman–Crippen LogP) is 4.31. The third-order valence-corrected chi connectivity index (χ3v) is 5.35. The van der Waals surface area contributed by atoms with Gasteiger partial charge in [-0.25, -0.2) is 0 Å². The molecule has 1 aliphatic carbocycles. The van der Waals surface area contributed by atoms with Crippen LogP contribution in [0, 0.1) is 0 Å². The fraction of sp³-hybridized carbons (Fsp3) is 0.588. The molecule has 128 valence electrons. The molecule has 2 rings (SSSR count). The third-order valence-electron chi connectivity index (χ3n) is 3.99. The topological polar surface area (TPSA) is 29.5 Å². The van der Waals surface area contributed by atoms with Crippen molar-refractivity contribution in [2.75, 3.05) is 12.8 Å². The molecule has 0 N–H and O–H groups in total. The molecule has 0 aromatic heterocycles. The first-order valence-electron chi connectivity index (χ1n) is 7.94. The smallest absolute Gasteiger partial charge is 0.387 e. The van der Waals surface area contributed by atoms with Crippen molar-refractivity contribution >= 4 is 17.7 Å². The standard InChI is InChI=1S/C17H23F2NO2S/c1-20(16(21)12-23-15-5-3-2-4-6-15)11-13-7-9-14(10-8-13)22-17(18)19/h7-10,15,17H,2-6,11-12H2,1H3. The Morgan fingerprint density at radius 2 is 1.91 bits per heavy atom. The fourth-order valence-corrected chi connectivity index (χ4v) is 3.93. The monoisotopic (exact) mass is 343 g/mol. The number of rotatable bonds is 7. The molecule has 1 amide bonds. The zero-order valence-corrected chi connectivity index (χ0v) is 14.2. The molecule has 0 heterocycles. The number of nitrogens with zero attached hydrogens (tertiary/aromatic N) is 1. The normalized spacial score (nSPS) is 15.7. The van der Waals surface area contributed by atoms with Crippen LogP contribution in [0.1, 0.15) is 37.7 Å². The first kappa shape index (κ1) is 18.0. The van der Waals surface area contributed by atoms with Gasteiger partial charge in [-0.1, -0.05) is 31.4 Å². The average Bonchev–Trinajstić information content (AvgIpc) is 2.55. The van der Waals surface area contributed by atoms with Gasteiger partial charge in [-0.05, 0) is 30.5 Å². The molecule has 0 bridgehead atoms. The van der Waals surface area contributed by atoms with Gasteiger partial charge in [0.25, 0.3) is 0 Å². The van der Waals surface area contributed by atoms with Crippen molar-refractivity contribution < 1.29 is 18.3 Å². The van der Waals surface area contributed by atoms with E-state index in [1.165, 1.54) is 44.2 Å². The highest BCUT2D eigenvalue weighted by molar-refractivity contribution is 8.00. The van der Waals surface area contributed by atoms with Gasteiger partial charge < -0.3 is 9.64 Å². The maximum atomic E-state index is 12.2. The highest BCUT2D eigenvalue weighted by atomic mass is 32.2. The average molecular weight is 343 g/mol. The number of hydrogen-bond donors (Lipinski definition) is 0. The fourth-order valence-electron chi connectivity index (χ4n) is 2.67. The summed E-state index contributed by atoms with van der Waals surface area (Å²) in [6.45, 7) is -2.35. The van der Waals surface area contributed by atoms with E-state index in [0.29, 0.717) is 17.5 Å². The molecule has 1 saturated carbocycles. The van der Waals surface area contributed by atoms with Crippen LogP contribution in [0.3, 0.4) is 0 Å². The van der Waals surface area contributed by atoms with Gasteiger partial charge in [-0.3, -0.25) is 4.79 Å². The van der Waals surface area contributed by atoms with Crippen LogP contribution in [0.2, 0.25) is 0 Å². The van der Waals surface area contributed by atoms with Crippen LogP contribution < -0.4 is 4.74 Å². The van der Waals surface area contributed by atoms with Crippen LogP contribution >= 0.6 is 11.8 Å². The summed E-state index contributed by atoms with van der Waals surface area (Å²) in [6, 6.07) is 6.40. The van der Waals surface area contributed by atoms with E-state index in [2.05, 4.69) is 4.74 Å². The Hall–Kier alpha value is -1.30. The number of thioether (sulfide) groups is 1. The van der Waals surface area contributed by atoms with E-state index in [1.807, 2.05) is 0 Å². The quantitative estimate of drug-likeness (QED) is 0.739. The zero-order valence-electron chi connectivity index (χ0n) is 13.3. The Kier molecular flexibility index (Phi) is 7.15. The van der Waals surface area contributed by atoms with Crippen LogP contribution in [0.25, 0.3) is 0 Å². The molecule has 1 aromatic carbocycles. The minimum Gasteiger partial charge on any atom is -0.435 e. The molecule has 1 aliphatic rings. The molecule has 1 fully saturated rings. The SMILES string of the molecule is CN(Cc1ccc(OC(F)F)cc1)C(=O)CSC1CCCCC1. The van der Waals surface area contributed by atoms with Crippen LogP contribution in [0.4, 0.5) is 8.78 Å². The predicted molar refractivity (Wildman–Crippen MR) is 88.9 cm³/mol. The molecule has 0 atom stereocenters. The first-order chi connectivity index (χ1) is 11.0.